The Labute approximate surface area is 115 Å². The summed E-state index contributed by atoms with van der Waals surface area (Å²) in [7, 11) is 0. The molecule has 19 heavy (non-hydrogen) atoms. The molecule has 104 valence electrons. The highest BCUT2D eigenvalue weighted by molar-refractivity contribution is 5.25. The number of rotatable bonds is 7. The van der Waals surface area contributed by atoms with Crippen LogP contribution in [0.1, 0.15) is 49.4 Å². The van der Waals surface area contributed by atoms with Crippen molar-refractivity contribution in [1.82, 2.24) is 10.3 Å². The molecule has 1 unspecified atom stereocenters. The van der Waals surface area contributed by atoms with Gasteiger partial charge in [-0.05, 0) is 62.6 Å². The molecule has 1 heterocycles. The van der Waals surface area contributed by atoms with E-state index < -0.39 is 0 Å². The van der Waals surface area contributed by atoms with Gasteiger partial charge in [0.25, 0.3) is 0 Å². The SMILES string of the molecule is c1cnc2c(c1)CCCC2NCCCOCC1CC1. The minimum absolute atomic E-state index is 0.452. The Morgan fingerprint density at radius 3 is 3.16 bits per heavy atom. The van der Waals surface area contributed by atoms with Gasteiger partial charge in [-0.3, -0.25) is 4.98 Å². The lowest BCUT2D eigenvalue weighted by Gasteiger charge is -2.25. The third kappa shape index (κ3) is 3.77. The van der Waals surface area contributed by atoms with Crippen LogP contribution >= 0.6 is 0 Å². The molecular formula is C16H24N2O. The van der Waals surface area contributed by atoms with Crippen LogP contribution in [0.3, 0.4) is 0 Å². The van der Waals surface area contributed by atoms with Gasteiger partial charge in [-0.25, -0.2) is 0 Å². The van der Waals surface area contributed by atoms with Crippen molar-refractivity contribution < 1.29 is 4.74 Å². The maximum atomic E-state index is 5.66. The van der Waals surface area contributed by atoms with Crippen LogP contribution in [0.25, 0.3) is 0 Å². The molecule has 2 aliphatic carbocycles. The zero-order valence-corrected chi connectivity index (χ0v) is 11.6. The summed E-state index contributed by atoms with van der Waals surface area (Å²) in [5.41, 5.74) is 2.70. The Balaban J connectivity index is 1.38. The van der Waals surface area contributed by atoms with Gasteiger partial charge >= 0.3 is 0 Å². The quantitative estimate of drug-likeness (QED) is 0.765. The summed E-state index contributed by atoms with van der Waals surface area (Å²) in [6.45, 7) is 2.91. The number of pyridine rings is 1. The molecule has 3 rings (SSSR count). The van der Waals surface area contributed by atoms with Crippen molar-refractivity contribution in [3.63, 3.8) is 0 Å². The first-order valence-corrected chi connectivity index (χ1v) is 7.68. The number of hydrogen-bond acceptors (Lipinski definition) is 3. The van der Waals surface area contributed by atoms with Gasteiger partial charge in [-0.1, -0.05) is 6.07 Å². The van der Waals surface area contributed by atoms with Gasteiger partial charge in [-0.2, -0.15) is 0 Å². The normalized spacial score (nSPS) is 22.2. The maximum Gasteiger partial charge on any atom is 0.0605 e. The molecule has 0 spiro atoms. The second-order valence-corrected chi connectivity index (χ2v) is 5.82. The monoisotopic (exact) mass is 260 g/mol. The molecule has 3 nitrogen and oxygen atoms in total. The molecule has 0 saturated heterocycles. The van der Waals surface area contributed by atoms with E-state index in [9.17, 15) is 0 Å². The molecule has 0 radical (unpaired) electrons. The minimum Gasteiger partial charge on any atom is -0.381 e. The molecule has 0 aromatic carbocycles. The number of hydrogen-bond donors (Lipinski definition) is 1. The number of aromatic nitrogens is 1. The summed E-state index contributed by atoms with van der Waals surface area (Å²) >= 11 is 0. The fraction of sp³-hybridized carbons (Fsp3) is 0.688. The van der Waals surface area contributed by atoms with E-state index in [2.05, 4.69) is 16.4 Å². The smallest absolute Gasteiger partial charge is 0.0605 e. The summed E-state index contributed by atoms with van der Waals surface area (Å²) in [6.07, 6.45) is 9.45. The van der Waals surface area contributed by atoms with Crippen molar-refractivity contribution in [1.29, 1.82) is 0 Å². The minimum atomic E-state index is 0.452. The van der Waals surface area contributed by atoms with Crippen LogP contribution in [0.4, 0.5) is 0 Å². The van der Waals surface area contributed by atoms with Crippen molar-refractivity contribution in [3.8, 4) is 0 Å². The molecule has 1 aromatic rings. The van der Waals surface area contributed by atoms with Crippen molar-refractivity contribution in [3.05, 3.63) is 29.6 Å². The first kappa shape index (κ1) is 13.1. The first-order chi connectivity index (χ1) is 9.43. The zero-order valence-electron chi connectivity index (χ0n) is 11.6. The lowest BCUT2D eigenvalue weighted by Crippen LogP contribution is -2.27. The van der Waals surface area contributed by atoms with E-state index in [1.165, 1.54) is 43.4 Å². The predicted octanol–water partition coefficient (Wildman–Crippen LogP) is 2.87. The van der Waals surface area contributed by atoms with Crippen LogP contribution in [0, 0.1) is 5.92 Å². The average Bonchev–Trinajstić information content (AvgIpc) is 3.27. The Morgan fingerprint density at radius 2 is 2.26 bits per heavy atom. The molecule has 1 fully saturated rings. The first-order valence-electron chi connectivity index (χ1n) is 7.68. The standard InChI is InChI=1S/C16H24N2O/c1-4-14-5-2-9-18-16(14)15(6-1)17-10-3-11-19-12-13-7-8-13/h2,5,9,13,15,17H,1,3-4,6-8,10-12H2. The third-order valence-electron chi connectivity index (χ3n) is 4.10. The highest BCUT2D eigenvalue weighted by Crippen LogP contribution is 2.29. The summed E-state index contributed by atoms with van der Waals surface area (Å²) in [4.78, 5) is 4.55. The predicted molar refractivity (Wildman–Crippen MR) is 76.1 cm³/mol. The van der Waals surface area contributed by atoms with E-state index in [0.29, 0.717) is 6.04 Å². The molecular weight excluding hydrogens is 236 g/mol. The fourth-order valence-corrected chi connectivity index (χ4v) is 2.79. The Bertz CT molecular complexity index is 403. The lowest BCUT2D eigenvalue weighted by atomic mass is 9.92. The lowest BCUT2D eigenvalue weighted by molar-refractivity contribution is 0.121. The Hall–Kier alpha value is -0.930. The molecule has 3 heteroatoms. The van der Waals surface area contributed by atoms with E-state index in [1.54, 1.807) is 0 Å². The van der Waals surface area contributed by atoms with Crippen LogP contribution < -0.4 is 5.32 Å². The van der Waals surface area contributed by atoms with Gasteiger partial charge < -0.3 is 10.1 Å². The summed E-state index contributed by atoms with van der Waals surface area (Å²) in [5, 5.41) is 3.64. The van der Waals surface area contributed by atoms with Gasteiger partial charge in [0.05, 0.1) is 5.69 Å². The number of aryl methyl sites for hydroxylation is 1. The molecule has 0 amide bonds. The van der Waals surface area contributed by atoms with Gasteiger partial charge in [0.15, 0.2) is 0 Å². The molecule has 1 saturated carbocycles. The second-order valence-electron chi connectivity index (χ2n) is 5.82. The Morgan fingerprint density at radius 1 is 1.32 bits per heavy atom. The molecule has 1 N–H and O–H groups in total. The number of fused-ring (bicyclic) bond motifs is 1. The van der Waals surface area contributed by atoms with E-state index in [4.69, 9.17) is 4.74 Å². The van der Waals surface area contributed by atoms with E-state index in [0.717, 1.165) is 32.1 Å². The highest BCUT2D eigenvalue weighted by atomic mass is 16.5. The van der Waals surface area contributed by atoms with Crippen molar-refractivity contribution in [2.75, 3.05) is 19.8 Å². The summed E-state index contributed by atoms with van der Waals surface area (Å²) in [5.74, 6) is 0.877. The maximum absolute atomic E-state index is 5.66. The summed E-state index contributed by atoms with van der Waals surface area (Å²) in [6, 6.07) is 4.72. The van der Waals surface area contributed by atoms with E-state index in [-0.39, 0.29) is 0 Å². The summed E-state index contributed by atoms with van der Waals surface area (Å²) < 4.78 is 5.66. The molecule has 0 bridgehead atoms. The topological polar surface area (TPSA) is 34.2 Å². The third-order valence-corrected chi connectivity index (χ3v) is 4.10. The van der Waals surface area contributed by atoms with E-state index in [1.807, 2.05) is 12.3 Å². The van der Waals surface area contributed by atoms with Crippen molar-refractivity contribution >= 4 is 0 Å². The Kier molecular flexibility index (Phi) is 4.46. The molecule has 0 aliphatic heterocycles. The number of nitrogens with one attached hydrogen (secondary N) is 1. The molecule has 1 atom stereocenters. The molecule has 1 aromatic heterocycles. The van der Waals surface area contributed by atoms with Gasteiger partial charge in [0.2, 0.25) is 0 Å². The second kappa shape index (κ2) is 6.49. The van der Waals surface area contributed by atoms with Crippen molar-refractivity contribution in [2.24, 2.45) is 5.92 Å². The highest BCUT2D eigenvalue weighted by Gasteiger charge is 2.21. The number of nitrogens with zero attached hydrogens (tertiary/aromatic N) is 1. The average molecular weight is 260 g/mol. The van der Waals surface area contributed by atoms with Gasteiger partial charge in [-0.15, -0.1) is 0 Å². The zero-order chi connectivity index (χ0) is 12.9. The van der Waals surface area contributed by atoms with Crippen LogP contribution in [0.5, 0.6) is 0 Å². The molecule has 2 aliphatic rings. The fourth-order valence-electron chi connectivity index (χ4n) is 2.79. The van der Waals surface area contributed by atoms with Crippen LogP contribution in [-0.4, -0.2) is 24.7 Å². The van der Waals surface area contributed by atoms with Gasteiger partial charge in [0.1, 0.15) is 0 Å². The van der Waals surface area contributed by atoms with Crippen molar-refractivity contribution in [2.45, 2.75) is 44.6 Å². The van der Waals surface area contributed by atoms with E-state index >= 15 is 0 Å². The van der Waals surface area contributed by atoms with Gasteiger partial charge in [0, 0.05) is 25.5 Å². The van der Waals surface area contributed by atoms with Crippen LogP contribution in [0.15, 0.2) is 18.3 Å². The van der Waals surface area contributed by atoms with Crippen LogP contribution in [-0.2, 0) is 11.2 Å². The van der Waals surface area contributed by atoms with Crippen LogP contribution in [0.2, 0.25) is 0 Å². The largest absolute Gasteiger partial charge is 0.381 e. The number of ether oxygens (including phenoxy) is 1.